The van der Waals surface area contributed by atoms with E-state index in [9.17, 15) is 5.11 Å². The van der Waals surface area contributed by atoms with Crippen LogP contribution in [-0.4, -0.2) is 10.1 Å². The molecule has 0 amide bonds. The van der Waals surface area contributed by atoms with Gasteiger partial charge in [0.05, 0.1) is 5.69 Å². The Labute approximate surface area is 140 Å². The Kier molecular flexibility index (Phi) is 4.45. The molecule has 0 radical (unpaired) electrons. The van der Waals surface area contributed by atoms with Crippen LogP contribution in [0.2, 0.25) is 5.02 Å². The minimum Gasteiger partial charge on any atom is -0.507 e. The highest BCUT2D eigenvalue weighted by Gasteiger charge is 2.08. The fourth-order valence-electron chi connectivity index (χ4n) is 2.38. The van der Waals surface area contributed by atoms with Crippen molar-refractivity contribution in [2.75, 3.05) is 0 Å². The van der Waals surface area contributed by atoms with E-state index in [0.29, 0.717) is 5.02 Å². The predicted octanol–water partition coefficient (Wildman–Crippen LogP) is 5.59. The van der Waals surface area contributed by atoms with E-state index in [-0.39, 0.29) is 5.75 Å². The molecular formula is C20H16ClNO. The first-order valence-corrected chi connectivity index (χ1v) is 7.71. The second-order valence-electron chi connectivity index (χ2n) is 5.29. The third-order valence-electron chi connectivity index (χ3n) is 3.56. The molecule has 2 nitrogen and oxygen atoms in total. The zero-order valence-corrected chi connectivity index (χ0v) is 13.5. The van der Waals surface area contributed by atoms with Gasteiger partial charge in [-0.05, 0) is 42.8 Å². The lowest BCUT2D eigenvalue weighted by Crippen LogP contribution is -1.91. The topological polar surface area (TPSA) is 33.1 Å². The number of phenols is 1. The van der Waals surface area contributed by atoms with Crippen LogP contribution in [0.15, 0.2) is 60.7 Å². The summed E-state index contributed by atoms with van der Waals surface area (Å²) in [7, 11) is 0. The number of aryl methyl sites for hydroxylation is 1. The highest BCUT2D eigenvalue weighted by Crippen LogP contribution is 2.31. The van der Waals surface area contributed by atoms with E-state index >= 15 is 0 Å². The largest absolute Gasteiger partial charge is 0.507 e. The molecule has 1 heterocycles. The van der Waals surface area contributed by atoms with Gasteiger partial charge in [-0.1, -0.05) is 54.1 Å². The van der Waals surface area contributed by atoms with E-state index in [4.69, 9.17) is 11.6 Å². The second kappa shape index (κ2) is 6.67. The van der Waals surface area contributed by atoms with E-state index in [2.05, 4.69) is 4.98 Å². The number of hydrogen-bond donors (Lipinski definition) is 1. The van der Waals surface area contributed by atoms with Crippen LogP contribution in [0.5, 0.6) is 5.75 Å². The molecule has 0 spiro atoms. The van der Waals surface area contributed by atoms with E-state index in [1.54, 1.807) is 6.07 Å². The third-order valence-corrected chi connectivity index (χ3v) is 3.81. The molecule has 0 bridgehead atoms. The lowest BCUT2D eigenvalue weighted by atomic mass is 10.0. The first kappa shape index (κ1) is 15.3. The zero-order chi connectivity index (χ0) is 16.2. The van der Waals surface area contributed by atoms with Gasteiger partial charge in [-0.2, -0.15) is 0 Å². The van der Waals surface area contributed by atoms with Crippen molar-refractivity contribution in [1.29, 1.82) is 0 Å². The molecule has 1 aromatic heterocycles. The summed E-state index contributed by atoms with van der Waals surface area (Å²) in [6, 6.07) is 18.8. The average molecular weight is 322 g/mol. The number of para-hydroxylation sites is 1. The second-order valence-corrected chi connectivity index (χ2v) is 5.72. The minimum absolute atomic E-state index is 0.249. The number of rotatable bonds is 3. The van der Waals surface area contributed by atoms with Crippen LogP contribution in [0.4, 0.5) is 0 Å². The maximum atomic E-state index is 10.1. The monoisotopic (exact) mass is 321 g/mol. The van der Waals surface area contributed by atoms with E-state index in [0.717, 1.165) is 28.1 Å². The SMILES string of the molecule is Cc1ccc(-c2ccccc2O)c(C=Cc2ccc(Cl)cc2)n1. The summed E-state index contributed by atoms with van der Waals surface area (Å²) in [6.07, 6.45) is 3.94. The number of nitrogens with zero attached hydrogens (tertiary/aromatic N) is 1. The summed E-state index contributed by atoms with van der Waals surface area (Å²) < 4.78 is 0. The van der Waals surface area contributed by atoms with Gasteiger partial charge in [-0.15, -0.1) is 0 Å². The summed E-state index contributed by atoms with van der Waals surface area (Å²) in [5.41, 5.74) is 4.47. The molecule has 0 saturated carbocycles. The molecule has 0 unspecified atom stereocenters. The standard InChI is InChI=1S/C20H16ClNO/c1-14-6-12-17(18-4-2-3-5-20(18)23)19(22-14)13-9-15-7-10-16(21)11-8-15/h2-13,23H,1H3. The number of halogens is 1. The molecule has 2 aromatic carbocycles. The maximum absolute atomic E-state index is 10.1. The van der Waals surface area contributed by atoms with Crippen LogP contribution in [0.1, 0.15) is 17.0 Å². The lowest BCUT2D eigenvalue weighted by Gasteiger charge is -2.08. The highest BCUT2D eigenvalue weighted by atomic mass is 35.5. The molecule has 0 aliphatic rings. The lowest BCUT2D eigenvalue weighted by molar-refractivity contribution is 0.477. The first-order chi connectivity index (χ1) is 11.1. The van der Waals surface area contributed by atoms with Crippen LogP contribution < -0.4 is 0 Å². The Morgan fingerprint density at radius 2 is 1.61 bits per heavy atom. The molecule has 0 aliphatic heterocycles. The third kappa shape index (κ3) is 3.61. The number of aromatic nitrogens is 1. The van der Waals surface area contributed by atoms with Gasteiger partial charge in [0.25, 0.3) is 0 Å². The van der Waals surface area contributed by atoms with E-state index in [1.165, 1.54) is 0 Å². The molecule has 3 rings (SSSR count). The van der Waals surface area contributed by atoms with Gasteiger partial charge in [-0.3, -0.25) is 4.98 Å². The summed E-state index contributed by atoms with van der Waals surface area (Å²) in [6.45, 7) is 1.95. The van der Waals surface area contributed by atoms with Gasteiger partial charge in [0.1, 0.15) is 5.75 Å². The zero-order valence-electron chi connectivity index (χ0n) is 12.7. The molecule has 23 heavy (non-hydrogen) atoms. The molecule has 0 aliphatic carbocycles. The van der Waals surface area contributed by atoms with Crippen molar-refractivity contribution in [3.8, 4) is 16.9 Å². The van der Waals surface area contributed by atoms with Crippen molar-refractivity contribution < 1.29 is 5.11 Å². The van der Waals surface area contributed by atoms with Crippen LogP contribution in [0.25, 0.3) is 23.3 Å². The average Bonchev–Trinajstić information content (AvgIpc) is 2.55. The number of benzene rings is 2. The minimum atomic E-state index is 0.249. The molecule has 1 N–H and O–H groups in total. The highest BCUT2D eigenvalue weighted by molar-refractivity contribution is 6.30. The number of aromatic hydroxyl groups is 1. The van der Waals surface area contributed by atoms with Gasteiger partial charge in [0, 0.05) is 21.8 Å². The van der Waals surface area contributed by atoms with E-state index < -0.39 is 0 Å². The number of pyridine rings is 1. The van der Waals surface area contributed by atoms with Crippen molar-refractivity contribution in [2.24, 2.45) is 0 Å². The Morgan fingerprint density at radius 3 is 2.35 bits per heavy atom. The summed E-state index contributed by atoms with van der Waals surface area (Å²) in [5.74, 6) is 0.249. The number of phenolic OH excluding ortho intramolecular Hbond substituents is 1. The Balaban J connectivity index is 2.03. The van der Waals surface area contributed by atoms with Crippen LogP contribution in [-0.2, 0) is 0 Å². The van der Waals surface area contributed by atoms with Gasteiger partial charge in [0.15, 0.2) is 0 Å². The van der Waals surface area contributed by atoms with E-state index in [1.807, 2.05) is 73.7 Å². The molecule has 0 saturated heterocycles. The van der Waals surface area contributed by atoms with Crippen molar-refractivity contribution >= 4 is 23.8 Å². The Hall–Kier alpha value is -2.58. The van der Waals surface area contributed by atoms with Crippen LogP contribution in [0.3, 0.4) is 0 Å². The van der Waals surface area contributed by atoms with Crippen LogP contribution in [0, 0.1) is 6.92 Å². The fraction of sp³-hybridized carbons (Fsp3) is 0.0500. The number of hydrogen-bond acceptors (Lipinski definition) is 2. The van der Waals surface area contributed by atoms with Crippen molar-refractivity contribution in [2.45, 2.75) is 6.92 Å². The van der Waals surface area contributed by atoms with Gasteiger partial charge in [0.2, 0.25) is 0 Å². The molecule has 3 aromatic rings. The van der Waals surface area contributed by atoms with Gasteiger partial charge < -0.3 is 5.11 Å². The maximum Gasteiger partial charge on any atom is 0.123 e. The Morgan fingerprint density at radius 1 is 0.870 bits per heavy atom. The summed E-state index contributed by atoms with van der Waals surface area (Å²) in [4.78, 5) is 4.60. The van der Waals surface area contributed by atoms with Gasteiger partial charge in [-0.25, -0.2) is 0 Å². The van der Waals surface area contributed by atoms with Gasteiger partial charge >= 0.3 is 0 Å². The molecule has 114 valence electrons. The molecule has 3 heteroatoms. The predicted molar refractivity (Wildman–Crippen MR) is 96.5 cm³/mol. The van der Waals surface area contributed by atoms with Crippen molar-refractivity contribution in [1.82, 2.24) is 4.98 Å². The normalized spacial score (nSPS) is 11.0. The first-order valence-electron chi connectivity index (χ1n) is 7.33. The Bertz CT molecular complexity index is 854. The van der Waals surface area contributed by atoms with Crippen LogP contribution >= 0.6 is 11.6 Å². The fourth-order valence-corrected chi connectivity index (χ4v) is 2.51. The molecule has 0 fully saturated rings. The molecule has 0 atom stereocenters. The summed E-state index contributed by atoms with van der Waals surface area (Å²) in [5, 5.41) is 10.8. The summed E-state index contributed by atoms with van der Waals surface area (Å²) >= 11 is 5.91. The quantitative estimate of drug-likeness (QED) is 0.682. The van der Waals surface area contributed by atoms with Crippen molar-refractivity contribution in [3.63, 3.8) is 0 Å². The molecular weight excluding hydrogens is 306 g/mol. The van der Waals surface area contributed by atoms with Crippen molar-refractivity contribution in [3.05, 3.63) is 82.6 Å². The smallest absolute Gasteiger partial charge is 0.123 e.